The molecule has 2 amide bonds. The van der Waals surface area contributed by atoms with Gasteiger partial charge in [0.25, 0.3) is 5.91 Å². The van der Waals surface area contributed by atoms with Gasteiger partial charge in [0.2, 0.25) is 5.91 Å². The van der Waals surface area contributed by atoms with E-state index in [9.17, 15) is 9.59 Å². The summed E-state index contributed by atoms with van der Waals surface area (Å²) < 4.78 is 0.624. The maximum absolute atomic E-state index is 12.0. The summed E-state index contributed by atoms with van der Waals surface area (Å²) in [4.78, 5) is 29.5. The van der Waals surface area contributed by atoms with Gasteiger partial charge in [-0.2, -0.15) is 0 Å². The molecule has 5 nitrogen and oxygen atoms in total. The van der Waals surface area contributed by atoms with E-state index >= 15 is 0 Å². The second-order valence-corrected chi connectivity index (χ2v) is 5.14. The standard InChI is InChI=1S/C12H14BrN3O2/c1-16-6-2-3-10(12(16)18)15-11(17)8-4-5-14-7-9(8)13/h4-5,7,10H,2-3,6H2,1H3,(H,15,17). The van der Waals surface area contributed by atoms with E-state index in [1.54, 1.807) is 30.4 Å². The van der Waals surface area contributed by atoms with Crippen LogP contribution in [-0.2, 0) is 4.79 Å². The van der Waals surface area contributed by atoms with Crippen molar-refractivity contribution in [2.24, 2.45) is 0 Å². The highest BCUT2D eigenvalue weighted by Gasteiger charge is 2.28. The molecule has 6 heteroatoms. The molecule has 1 saturated heterocycles. The van der Waals surface area contributed by atoms with Crippen LogP contribution in [-0.4, -0.2) is 41.3 Å². The van der Waals surface area contributed by atoms with E-state index in [0.29, 0.717) is 16.5 Å². The van der Waals surface area contributed by atoms with Gasteiger partial charge in [-0.05, 0) is 34.8 Å². The van der Waals surface area contributed by atoms with E-state index in [4.69, 9.17) is 0 Å². The van der Waals surface area contributed by atoms with Crippen molar-refractivity contribution >= 4 is 27.7 Å². The number of halogens is 1. The first-order chi connectivity index (χ1) is 8.59. The highest BCUT2D eigenvalue weighted by atomic mass is 79.9. The number of amides is 2. The molecule has 0 aromatic carbocycles. The Morgan fingerprint density at radius 3 is 3.11 bits per heavy atom. The average molecular weight is 312 g/mol. The molecule has 1 aromatic heterocycles. The van der Waals surface area contributed by atoms with E-state index in [-0.39, 0.29) is 11.8 Å². The van der Waals surface area contributed by atoms with Crippen LogP contribution in [0, 0.1) is 0 Å². The number of nitrogens with one attached hydrogen (secondary N) is 1. The monoisotopic (exact) mass is 311 g/mol. The first-order valence-electron chi connectivity index (χ1n) is 5.75. The van der Waals surface area contributed by atoms with Crippen LogP contribution in [0.5, 0.6) is 0 Å². The minimum atomic E-state index is -0.420. The zero-order valence-corrected chi connectivity index (χ0v) is 11.6. The number of rotatable bonds is 2. The number of carbonyl (C=O) groups is 2. The average Bonchev–Trinajstić information content (AvgIpc) is 2.35. The molecular weight excluding hydrogens is 298 g/mol. The van der Waals surface area contributed by atoms with Crippen LogP contribution < -0.4 is 5.32 Å². The number of aromatic nitrogens is 1. The fraction of sp³-hybridized carbons (Fsp3) is 0.417. The van der Waals surface area contributed by atoms with E-state index in [1.165, 1.54) is 0 Å². The van der Waals surface area contributed by atoms with Crippen molar-refractivity contribution in [1.29, 1.82) is 0 Å². The Labute approximate surface area is 114 Å². The van der Waals surface area contributed by atoms with Gasteiger partial charge >= 0.3 is 0 Å². The van der Waals surface area contributed by atoms with Crippen LogP contribution in [0.3, 0.4) is 0 Å². The predicted octanol–water partition coefficient (Wildman–Crippen LogP) is 1.19. The number of likely N-dealkylation sites (N-methyl/N-ethyl adjacent to an activating group) is 1. The van der Waals surface area contributed by atoms with E-state index < -0.39 is 6.04 Å². The Balaban J connectivity index is 2.08. The van der Waals surface area contributed by atoms with Gasteiger partial charge in [0.15, 0.2) is 0 Å². The van der Waals surface area contributed by atoms with Crippen LogP contribution in [0.15, 0.2) is 22.9 Å². The van der Waals surface area contributed by atoms with Gasteiger partial charge in [0.1, 0.15) is 6.04 Å². The third kappa shape index (κ3) is 2.69. The molecule has 1 aliphatic rings. The van der Waals surface area contributed by atoms with Gasteiger partial charge in [-0.15, -0.1) is 0 Å². The van der Waals surface area contributed by atoms with Gasteiger partial charge in [-0.1, -0.05) is 0 Å². The molecule has 2 heterocycles. The number of pyridine rings is 1. The minimum absolute atomic E-state index is 0.0280. The van der Waals surface area contributed by atoms with Crippen LogP contribution in [0.25, 0.3) is 0 Å². The Hall–Kier alpha value is -1.43. The topological polar surface area (TPSA) is 62.3 Å². The zero-order valence-electron chi connectivity index (χ0n) is 10.0. The molecule has 0 radical (unpaired) electrons. The molecule has 18 heavy (non-hydrogen) atoms. The van der Waals surface area contributed by atoms with Gasteiger partial charge in [-0.3, -0.25) is 14.6 Å². The Morgan fingerprint density at radius 1 is 1.61 bits per heavy atom. The zero-order chi connectivity index (χ0) is 13.1. The summed E-state index contributed by atoms with van der Waals surface area (Å²) in [6.45, 7) is 0.754. The third-order valence-electron chi connectivity index (χ3n) is 2.98. The lowest BCUT2D eigenvalue weighted by Crippen LogP contribution is -2.50. The number of hydrogen-bond donors (Lipinski definition) is 1. The highest BCUT2D eigenvalue weighted by Crippen LogP contribution is 2.16. The molecule has 96 valence electrons. The van der Waals surface area contributed by atoms with Gasteiger partial charge in [0.05, 0.1) is 5.56 Å². The molecular formula is C12H14BrN3O2. The number of nitrogens with zero attached hydrogens (tertiary/aromatic N) is 2. The fourth-order valence-electron chi connectivity index (χ4n) is 1.96. The summed E-state index contributed by atoms with van der Waals surface area (Å²) in [6.07, 6.45) is 4.71. The second kappa shape index (κ2) is 5.48. The van der Waals surface area contributed by atoms with Gasteiger partial charge in [0, 0.05) is 30.5 Å². The maximum atomic E-state index is 12.0. The SMILES string of the molecule is CN1CCCC(NC(=O)c2ccncc2Br)C1=O. The van der Waals surface area contributed by atoms with Gasteiger partial charge in [-0.25, -0.2) is 0 Å². The summed E-state index contributed by atoms with van der Waals surface area (Å²) in [7, 11) is 1.75. The summed E-state index contributed by atoms with van der Waals surface area (Å²) >= 11 is 3.27. The van der Waals surface area contributed by atoms with Crippen LogP contribution in [0.4, 0.5) is 0 Å². The molecule has 1 fully saturated rings. The summed E-state index contributed by atoms with van der Waals surface area (Å²) in [5.74, 6) is -0.280. The number of carbonyl (C=O) groups excluding carboxylic acids is 2. The molecule has 1 atom stereocenters. The molecule has 1 aromatic rings. The molecule has 0 bridgehead atoms. The smallest absolute Gasteiger partial charge is 0.253 e. The number of hydrogen-bond acceptors (Lipinski definition) is 3. The van der Waals surface area contributed by atoms with Crippen molar-refractivity contribution < 1.29 is 9.59 Å². The molecule has 1 unspecified atom stereocenters. The van der Waals surface area contributed by atoms with E-state index in [2.05, 4.69) is 26.2 Å². The third-order valence-corrected chi connectivity index (χ3v) is 3.61. The lowest BCUT2D eigenvalue weighted by molar-refractivity contribution is -0.134. The Kier molecular flexibility index (Phi) is 3.96. The molecule has 0 saturated carbocycles. The van der Waals surface area contributed by atoms with Crippen molar-refractivity contribution in [3.05, 3.63) is 28.5 Å². The number of likely N-dealkylation sites (tertiary alicyclic amines) is 1. The van der Waals surface area contributed by atoms with Crippen molar-refractivity contribution in [2.75, 3.05) is 13.6 Å². The summed E-state index contributed by atoms with van der Waals surface area (Å²) in [5, 5.41) is 2.77. The Bertz CT molecular complexity index is 478. The van der Waals surface area contributed by atoms with Crippen LogP contribution >= 0.6 is 15.9 Å². The first-order valence-corrected chi connectivity index (χ1v) is 6.54. The summed E-state index contributed by atoms with van der Waals surface area (Å²) in [5.41, 5.74) is 0.492. The van der Waals surface area contributed by atoms with Crippen LogP contribution in [0.1, 0.15) is 23.2 Å². The van der Waals surface area contributed by atoms with Crippen molar-refractivity contribution in [3.8, 4) is 0 Å². The molecule has 0 spiro atoms. The quantitative estimate of drug-likeness (QED) is 0.892. The first kappa shape index (κ1) is 13.0. The van der Waals surface area contributed by atoms with E-state index in [0.717, 1.165) is 13.0 Å². The lowest BCUT2D eigenvalue weighted by atomic mass is 10.0. The minimum Gasteiger partial charge on any atom is -0.344 e. The van der Waals surface area contributed by atoms with Crippen LogP contribution in [0.2, 0.25) is 0 Å². The maximum Gasteiger partial charge on any atom is 0.253 e. The van der Waals surface area contributed by atoms with Crippen molar-refractivity contribution in [1.82, 2.24) is 15.2 Å². The summed E-state index contributed by atoms with van der Waals surface area (Å²) in [6, 6.07) is 1.20. The van der Waals surface area contributed by atoms with E-state index in [1.807, 2.05) is 0 Å². The lowest BCUT2D eigenvalue weighted by Gasteiger charge is -2.29. The number of piperidine rings is 1. The molecule has 0 aliphatic carbocycles. The Morgan fingerprint density at radius 2 is 2.39 bits per heavy atom. The molecule has 2 rings (SSSR count). The highest BCUT2D eigenvalue weighted by molar-refractivity contribution is 9.10. The molecule has 1 N–H and O–H groups in total. The van der Waals surface area contributed by atoms with Gasteiger partial charge < -0.3 is 10.2 Å². The fourth-order valence-corrected chi connectivity index (χ4v) is 2.39. The van der Waals surface area contributed by atoms with Crippen molar-refractivity contribution in [3.63, 3.8) is 0 Å². The predicted molar refractivity (Wildman–Crippen MR) is 70.1 cm³/mol. The molecule has 1 aliphatic heterocycles. The van der Waals surface area contributed by atoms with Crippen molar-refractivity contribution in [2.45, 2.75) is 18.9 Å². The normalized spacial score (nSPS) is 19.8. The second-order valence-electron chi connectivity index (χ2n) is 4.28. The largest absolute Gasteiger partial charge is 0.344 e.